The minimum absolute atomic E-state index is 0.654. The number of rotatable bonds is 5. The van der Waals surface area contributed by atoms with Crippen LogP contribution in [-0.2, 0) is 0 Å². The smallest absolute Gasteiger partial charge is 0.137 e. The average Bonchev–Trinajstić information content (AvgIpc) is 2.82. The third-order valence-electron chi connectivity index (χ3n) is 2.39. The molecule has 18 heavy (non-hydrogen) atoms. The average molecular weight is 328 g/mol. The Balaban J connectivity index is 2.17. The van der Waals surface area contributed by atoms with Crippen molar-refractivity contribution < 1.29 is 9.84 Å². The number of aliphatic hydroxyl groups excluding tert-OH is 1. The Bertz CT molecular complexity index is 515. The summed E-state index contributed by atoms with van der Waals surface area (Å²) in [6, 6.07) is 5.66. The molecule has 0 saturated heterocycles. The van der Waals surface area contributed by atoms with E-state index in [0.717, 1.165) is 20.6 Å². The minimum Gasteiger partial charge on any atom is -0.492 e. The van der Waals surface area contributed by atoms with Gasteiger partial charge in [0.2, 0.25) is 0 Å². The molecular weight excluding hydrogens is 314 g/mol. The Hall–Kier alpha value is -0.910. The van der Waals surface area contributed by atoms with E-state index in [-0.39, 0.29) is 0 Å². The molecule has 96 valence electrons. The number of hydrogen-bond acceptors (Lipinski definition) is 4. The standard InChI is InChI=1S/C13H14BrNO2S/c1-2-5-17-10-6-9(7-15-8-10)13(16)11-3-4-12(14)18-11/h3-4,6-8,13,16H,2,5H2,1H3. The molecule has 2 aromatic heterocycles. The number of aromatic nitrogens is 1. The van der Waals surface area contributed by atoms with Gasteiger partial charge >= 0.3 is 0 Å². The highest BCUT2D eigenvalue weighted by Crippen LogP contribution is 2.31. The van der Waals surface area contributed by atoms with E-state index in [4.69, 9.17) is 4.74 Å². The third kappa shape index (κ3) is 3.31. The zero-order chi connectivity index (χ0) is 13.0. The maximum absolute atomic E-state index is 10.2. The van der Waals surface area contributed by atoms with Crippen LogP contribution in [0.15, 0.2) is 34.4 Å². The molecule has 3 nitrogen and oxygen atoms in total. The topological polar surface area (TPSA) is 42.4 Å². The summed E-state index contributed by atoms with van der Waals surface area (Å²) in [5, 5.41) is 10.2. The van der Waals surface area contributed by atoms with Gasteiger partial charge in [-0.05, 0) is 40.5 Å². The summed E-state index contributed by atoms with van der Waals surface area (Å²) in [4.78, 5) is 4.98. The fourth-order valence-electron chi connectivity index (χ4n) is 1.52. The molecule has 0 aromatic carbocycles. The van der Waals surface area contributed by atoms with E-state index in [9.17, 15) is 5.11 Å². The second-order valence-corrected chi connectivity index (χ2v) is 6.34. The molecule has 2 aromatic rings. The van der Waals surface area contributed by atoms with Crippen LogP contribution in [0.4, 0.5) is 0 Å². The number of halogens is 1. The molecule has 1 unspecified atom stereocenters. The first kappa shape index (κ1) is 13.5. The molecule has 1 atom stereocenters. The van der Waals surface area contributed by atoms with Crippen LogP contribution in [0.3, 0.4) is 0 Å². The first-order chi connectivity index (χ1) is 8.70. The van der Waals surface area contributed by atoms with E-state index < -0.39 is 6.10 Å². The van der Waals surface area contributed by atoms with Crippen LogP contribution in [-0.4, -0.2) is 16.7 Å². The normalized spacial score (nSPS) is 12.4. The van der Waals surface area contributed by atoms with Gasteiger partial charge < -0.3 is 9.84 Å². The monoisotopic (exact) mass is 327 g/mol. The molecular formula is C13H14BrNO2S. The van der Waals surface area contributed by atoms with Crippen LogP contribution < -0.4 is 4.74 Å². The van der Waals surface area contributed by atoms with Gasteiger partial charge in [0, 0.05) is 16.6 Å². The SMILES string of the molecule is CCCOc1cncc(C(O)c2ccc(Br)s2)c1. The van der Waals surface area contributed by atoms with Gasteiger partial charge in [0.25, 0.3) is 0 Å². The predicted octanol–water partition coefficient (Wildman–Crippen LogP) is 3.78. The molecule has 0 spiro atoms. The maximum atomic E-state index is 10.2. The Morgan fingerprint density at radius 3 is 2.94 bits per heavy atom. The van der Waals surface area contributed by atoms with Crippen LogP contribution in [0.1, 0.15) is 29.9 Å². The largest absolute Gasteiger partial charge is 0.492 e. The van der Waals surface area contributed by atoms with Crippen molar-refractivity contribution in [3.05, 3.63) is 44.8 Å². The summed E-state index contributed by atoms with van der Waals surface area (Å²) in [5.41, 5.74) is 0.748. The highest BCUT2D eigenvalue weighted by Gasteiger charge is 2.13. The van der Waals surface area contributed by atoms with E-state index >= 15 is 0 Å². The van der Waals surface area contributed by atoms with Crippen molar-refractivity contribution in [2.45, 2.75) is 19.4 Å². The predicted molar refractivity (Wildman–Crippen MR) is 76.1 cm³/mol. The number of thiophene rings is 1. The zero-order valence-corrected chi connectivity index (χ0v) is 12.4. The van der Waals surface area contributed by atoms with Gasteiger partial charge in [-0.15, -0.1) is 11.3 Å². The molecule has 1 N–H and O–H groups in total. The highest BCUT2D eigenvalue weighted by atomic mass is 79.9. The number of aliphatic hydroxyl groups is 1. The Labute approximate surface area is 119 Å². The molecule has 2 rings (SSSR count). The first-order valence-electron chi connectivity index (χ1n) is 5.71. The number of ether oxygens (including phenoxy) is 1. The number of hydrogen-bond donors (Lipinski definition) is 1. The van der Waals surface area contributed by atoms with Crippen LogP contribution in [0, 0.1) is 0 Å². The van der Waals surface area contributed by atoms with Crippen molar-refractivity contribution in [2.24, 2.45) is 0 Å². The van der Waals surface area contributed by atoms with Crippen molar-refractivity contribution in [1.29, 1.82) is 0 Å². The summed E-state index contributed by atoms with van der Waals surface area (Å²) < 4.78 is 6.51. The lowest BCUT2D eigenvalue weighted by molar-refractivity contribution is 0.222. The molecule has 0 aliphatic carbocycles. The maximum Gasteiger partial charge on any atom is 0.137 e. The molecule has 0 bridgehead atoms. The molecule has 0 aliphatic heterocycles. The molecule has 5 heteroatoms. The van der Waals surface area contributed by atoms with Crippen molar-refractivity contribution in [3.63, 3.8) is 0 Å². The number of pyridine rings is 1. The van der Waals surface area contributed by atoms with E-state index in [1.807, 2.05) is 18.2 Å². The van der Waals surface area contributed by atoms with Gasteiger partial charge in [-0.25, -0.2) is 0 Å². The molecule has 0 radical (unpaired) electrons. The quantitative estimate of drug-likeness (QED) is 0.908. The second kappa shape index (κ2) is 6.31. The lowest BCUT2D eigenvalue weighted by Crippen LogP contribution is -2.00. The lowest BCUT2D eigenvalue weighted by Gasteiger charge is -2.10. The fraction of sp³-hybridized carbons (Fsp3) is 0.308. The van der Waals surface area contributed by atoms with Crippen LogP contribution in [0.25, 0.3) is 0 Å². The van der Waals surface area contributed by atoms with Gasteiger partial charge in [-0.3, -0.25) is 4.98 Å². The van der Waals surface area contributed by atoms with Crippen molar-refractivity contribution in [1.82, 2.24) is 4.98 Å². The number of nitrogens with zero attached hydrogens (tertiary/aromatic N) is 1. The van der Waals surface area contributed by atoms with Gasteiger partial charge in [-0.1, -0.05) is 6.92 Å². The molecule has 2 heterocycles. The summed E-state index contributed by atoms with van der Waals surface area (Å²) >= 11 is 4.90. The molecule has 0 saturated carbocycles. The van der Waals surface area contributed by atoms with E-state index in [1.54, 1.807) is 12.4 Å². The van der Waals surface area contributed by atoms with E-state index in [0.29, 0.717) is 12.4 Å². The lowest BCUT2D eigenvalue weighted by atomic mass is 10.1. The van der Waals surface area contributed by atoms with Crippen LogP contribution >= 0.6 is 27.3 Å². The Morgan fingerprint density at radius 1 is 1.44 bits per heavy atom. The molecule has 0 aliphatic rings. The Kier molecular flexibility index (Phi) is 4.74. The minimum atomic E-state index is -0.654. The van der Waals surface area contributed by atoms with E-state index in [2.05, 4.69) is 27.8 Å². The summed E-state index contributed by atoms with van der Waals surface area (Å²) in [5.74, 6) is 0.698. The summed E-state index contributed by atoms with van der Waals surface area (Å²) in [7, 11) is 0. The summed E-state index contributed by atoms with van der Waals surface area (Å²) in [6.07, 6.45) is 3.62. The van der Waals surface area contributed by atoms with Crippen molar-refractivity contribution in [2.75, 3.05) is 6.61 Å². The zero-order valence-electron chi connectivity index (χ0n) is 9.97. The summed E-state index contributed by atoms with van der Waals surface area (Å²) in [6.45, 7) is 2.71. The third-order valence-corrected chi connectivity index (χ3v) is 4.06. The Morgan fingerprint density at radius 2 is 2.28 bits per heavy atom. The molecule has 0 amide bonds. The van der Waals surface area contributed by atoms with Crippen molar-refractivity contribution >= 4 is 27.3 Å². The van der Waals surface area contributed by atoms with Gasteiger partial charge in [-0.2, -0.15) is 0 Å². The van der Waals surface area contributed by atoms with Crippen LogP contribution in [0.5, 0.6) is 5.75 Å². The molecule has 0 fully saturated rings. The van der Waals surface area contributed by atoms with E-state index in [1.165, 1.54) is 11.3 Å². The highest BCUT2D eigenvalue weighted by molar-refractivity contribution is 9.11. The first-order valence-corrected chi connectivity index (χ1v) is 7.32. The van der Waals surface area contributed by atoms with Crippen molar-refractivity contribution in [3.8, 4) is 5.75 Å². The van der Waals surface area contributed by atoms with Gasteiger partial charge in [0.1, 0.15) is 11.9 Å². The fourth-order valence-corrected chi connectivity index (χ4v) is 2.96. The van der Waals surface area contributed by atoms with Crippen LogP contribution in [0.2, 0.25) is 0 Å². The van der Waals surface area contributed by atoms with Gasteiger partial charge in [0.15, 0.2) is 0 Å². The second-order valence-electron chi connectivity index (χ2n) is 3.85. The van der Waals surface area contributed by atoms with Gasteiger partial charge in [0.05, 0.1) is 16.6 Å².